The van der Waals surface area contributed by atoms with Gasteiger partial charge in [0.05, 0.1) is 18.3 Å². The first-order valence-electron chi connectivity index (χ1n) is 10.4. The fraction of sp³-hybridized carbons (Fsp3) is 0.348. The third kappa shape index (κ3) is 4.19. The summed E-state index contributed by atoms with van der Waals surface area (Å²) in [6.07, 6.45) is 8.71. The molecule has 1 aliphatic heterocycles. The number of nitrogens with zero attached hydrogens (tertiary/aromatic N) is 6. The fourth-order valence-corrected chi connectivity index (χ4v) is 3.86. The molecular weight excluding hydrogens is 392 g/mol. The van der Waals surface area contributed by atoms with Crippen molar-refractivity contribution in [3.05, 3.63) is 60.3 Å². The summed E-state index contributed by atoms with van der Waals surface area (Å²) in [6.45, 7) is 2.98. The van der Waals surface area contributed by atoms with Crippen molar-refractivity contribution in [2.75, 3.05) is 32.1 Å². The minimum atomic E-state index is -0.160. The molecule has 0 aliphatic carbocycles. The van der Waals surface area contributed by atoms with Gasteiger partial charge < -0.3 is 14.5 Å². The number of hydrogen-bond acceptors (Lipinski definition) is 7. The zero-order valence-electron chi connectivity index (χ0n) is 18.0. The van der Waals surface area contributed by atoms with Gasteiger partial charge in [-0.1, -0.05) is 0 Å². The Kier molecular flexibility index (Phi) is 6.06. The maximum atomic E-state index is 13.5. The van der Waals surface area contributed by atoms with Gasteiger partial charge in [0.25, 0.3) is 5.91 Å². The number of amides is 1. The van der Waals surface area contributed by atoms with Gasteiger partial charge in [-0.2, -0.15) is 0 Å². The lowest BCUT2D eigenvalue weighted by Crippen LogP contribution is -2.32. The maximum absolute atomic E-state index is 13.5. The molecule has 0 N–H and O–H groups in total. The lowest BCUT2D eigenvalue weighted by Gasteiger charge is -2.27. The van der Waals surface area contributed by atoms with Crippen LogP contribution in [0.1, 0.15) is 41.9 Å². The quantitative estimate of drug-likeness (QED) is 0.607. The van der Waals surface area contributed by atoms with Gasteiger partial charge in [-0.3, -0.25) is 9.78 Å². The minimum Gasteiger partial charge on any atom is -0.477 e. The van der Waals surface area contributed by atoms with Crippen molar-refractivity contribution < 1.29 is 9.53 Å². The molecule has 4 heterocycles. The van der Waals surface area contributed by atoms with Crippen LogP contribution in [0.25, 0.3) is 11.1 Å². The molecule has 0 bridgehead atoms. The molecule has 3 aromatic rings. The zero-order valence-corrected chi connectivity index (χ0v) is 18.0. The van der Waals surface area contributed by atoms with Crippen LogP contribution in [0, 0.1) is 0 Å². The molecule has 31 heavy (non-hydrogen) atoms. The minimum absolute atomic E-state index is 0.0928. The number of carbonyl (C=O) groups excluding carboxylic acids is 1. The van der Waals surface area contributed by atoms with E-state index in [0.717, 1.165) is 29.7 Å². The van der Waals surface area contributed by atoms with E-state index in [1.165, 1.54) is 0 Å². The van der Waals surface area contributed by atoms with Gasteiger partial charge in [0, 0.05) is 51.0 Å². The molecule has 8 heteroatoms. The topological polar surface area (TPSA) is 84.3 Å². The molecular formula is C23H26N6O2. The van der Waals surface area contributed by atoms with Gasteiger partial charge in [0.2, 0.25) is 11.8 Å². The Morgan fingerprint density at radius 1 is 1.19 bits per heavy atom. The van der Waals surface area contributed by atoms with Crippen molar-refractivity contribution in [2.24, 2.45) is 0 Å². The summed E-state index contributed by atoms with van der Waals surface area (Å²) < 4.78 is 5.60. The van der Waals surface area contributed by atoms with Crippen LogP contribution in [0.3, 0.4) is 0 Å². The van der Waals surface area contributed by atoms with E-state index in [0.29, 0.717) is 30.5 Å². The molecule has 1 atom stereocenters. The molecule has 1 amide bonds. The highest BCUT2D eigenvalue weighted by Gasteiger charge is 2.35. The van der Waals surface area contributed by atoms with Crippen molar-refractivity contribution in [2.45, 2.75) is 25.8 Å². The second-order valence-corrected chi connectivity index (χ2v) is 7.54. The van der Waals surface area contributed by atoms with E-state index in [9.17, 15) is 4.79 Å². The first-order valence-corrected chi connectivity index (χ1v) is 10.4. The van der Waals surface area contributed by atoms with Crippen LogP contribution in [-0.2, 0) is 0 Å². The SMILES string of the molecule is CCOc1ncccc1C(=O)N1CCC[C@H]1c1nc(N(C)C)ncc1-c1ccncc1. The summed E-state index contributed by atoms with van der Waals surface area (Å²) in [5, 5.41) is 0. The number of aromatic nitrogens is 4. The Morgan fingerprint density at radius 2 is 2.00 bits per heavy atom. The van der Waals surface area contributed by atoms with Crippen LogP contribution in [-0.4, -0.2) is 58.0 Å². The predicted octanol–water partition coefficient (Wildman–Crippen LogP) is 3.38. The Balaban J connectivity index is 1.76. The summed E-state index contributed by atoms with van der Waals surface area (Å²) in [7, 11) is 3.82. The van der Waals surface area contributed by atoms with E-state index in [2.05, 4.69) is 15.0 Å². The van der Waals surface area contributed by atoms with Gasteiger partial charge in [-0.25, -0.2) is 15.0 Å². The number of pyridine rings is 2. The summed E-state index contributed by atoms with van der Waals surface area (Å²) in [5.74, 6) is 0.889. The van der Waals surface area contributed by atoms with E-state index in [1.807, 2.05) is 49.1 Å². The number of hydrogen-bond donors (Lipinski definition) is 0. The second-order valence-electron chi connectivity index (χ2n) is 7.54. The van der Waals surface area contributed by atoms with E-state index in [4.69, 9.17) is 9.72 Å². The van der Waals surface area contributed by atoms with Crippen molar-refractivity contribution in [1.29, 1.82) is 0 Å². The highest BCUT2D eigenvalue weighted by Crippen LogP contribution is 2.38. The van der Waals surface area contributed by atoms with Crippen LogP contribution in [0.4, 0.5) is 5.95 Å². The molecule has 0 saturated carbocycles. The highest BCUT2D eigenvalue weighted by atomic mass is 16.5. The lowest BCUT2D eigenvalue weighted by molar-refractivity contribution is 0.0728. The van der Waals surface area contributed by atoms with Crippen LogP contribution >= 0.6 is 0 Å². The first kappa shape index (κ1) is 20.7. The molecule has 0 aromatic carbocycles. The molecule has 1 fully saturated rings. The summed E-state index contributed by atoms with van der Waals surface area (Å²) in [5.41, 5.74) is 3.21. The lowest BCUT2D eigenvalue weighted by atomic mass is 10.0. The number of anilines is 1. The number of rotatable bonds is 6. The van der Waals surface area contributed by atoms with E-state index in [1.54, 1.807) is 30.7 Å². The molecule has 3 aromatic heterocycles. The van der Waals surface area contributed by atoms with E-state index in [-0.39, 0.29) is 11.9 Å². The number of carbonyl (C=O) groups is 1. The predicted molar refractivity (Wildman–Crippen MR) is 118 cm³/mol. The van der Waals surface area contributed by atoms with Gasteiger partial charge in [-0.15, -0.1) is 0 Å². The van der Waals surface area contributed by atoms with Gasteiger partial charge in [0.1, 0.15) is 5.56 Å². The molecule has 1 aliphatic rings. The first-order chi connectivity index (χ1) is 15.1. The van der Waals surface area contributed by atoms with Crippen LogP contribution in [0.15, 0.2) is 49.1 Å². The molecule has 0 spiro atoms. The second kappa shape index (κ2) is 9.07. The van der Waals surface area contributed by atoms with Gasteiger partial charge in [-0.05, 0) is 49.6 Å². The Morgan fingerprint density at radius 3 is 2.74 bits per heavy atom. The maximum Gasteiger partial charge on any atom is 0.259 e. The normalized spacial score (nSPS) is 15.7. The van der Waals surface area contributed by atoms with Crippen LogP contribution in [0.5, 0.6) is 5.88 Å². The monoisotopic (exact) mass is 418 g/mol. The average Bonchev–Trinajstić information content (AvgIpc) is 3.29. The molecule has 4 rings (SSSR count). The van der Waals surface area contributed by atoms with Crippen molar-refractivity contribution in [3.8, 4) is 17.0 Å². The third-order valence-corrected chi connectivity index (χ3v) is 5.31. The van der Waals surface area contributed by atoms with Crippen molar-refractivity contribution >= 4 is 11.9 Å². The Hall–Kier alpha value is -3.55. The van der Waals surface area contributed by atoms with Crippen molar-refractivity contribution in [3.63, 3.8) is 0 Å². The largest absolute Gasteiger partial charge is 0.477 e. The molecule has 1 saturated heterocycles. The molecule has 8 nitrogen and oxygen atoms in total. The Labute approximate surface area is 181 Å². The van der Waals surface area contributed by atoms with Gasteiger partial charge >= 0.3 is 0 Å². The number of likely N-dealkylation sites (tertiary alicyclic amines) is 1. The summed E-state index contributed by atoms with van der Waals surface area (Å²) in [6, 6.07) is 7.25. The average molecular weight is 419 g/mol. The van der Waals surface area contributed by atoms with E-state index < -0.39 is 0 Å². The zero-order chi connectivity index (χ0) is 21.8. The highest BCUT2D eigenvalue weighted by molar-refractivity contribution is 5.97. The van der Waals surface area contributed by atoms with E-state index >= 15 is 0 Å². The number of ether oxygens (including phenoxy) is 1. The third-order valence-electron chi connectivity index (χ3n) is 5.31. The summed E-state index contributed by atoms with van der Waals surface area (Å²) in [4.78, 5) is 35.0. The van der Waals surface area contributed by atoms with Crippen LogP contribution in [0.2, 0.25) is 0 Å². The molecule has 0 unspecified atom stereocenters. The summed E-state index contributed by atoms with van der Waals surface area (Å²) >= 11 is 0. The van der Waals surface area contributed by atoms with Crippen LogP contribution < -0.4 is 9.64 Å². The fourth-order valence-electron chi connectivity index (χ4n) is 3.86. The Bertz CT molecular complexity index is 1060. The van der Waals surface area contributed by atoms with Crippen molar-refractivity contribution in [1.82, 2.24) is 24.8 Å². The molecule has 160 valence electrons. The standard InChI is InChI=1S/C23H26N6O2/c1-4-31-21-17(7-5-11-25-21)22(30)29-14-6-8-19(29)20-18(16-9-12-24-13-10-16)15-26-23(27-20)28(2)3/h5,7,9-13,15,19H,4,6,8,14H2,1-3H3/t19-/m0/s1. The van der Waals surface area contributed by atoms with Gasteiger partial charge in [0.15, 0.2) is 0 Å². The molecule has 0 radical (unpaired) electrons. The smallest absolute Gasteiger partial charge is 0.259 e.